The summed E-state index contributed by atoms with van der Waals surface area (Å²) in [6, 6.07) is 9.99. The Morgan fingerprint density at radius 1 is 1.15 bits per heavy atom. The van der Waals surface area contributed by atoms with Gasteiger partial charge in [-0.2, -0.15) is 4.31 Å². The van der Waals surface area contributed by atoms with Crippen molar-refractivity contribution >= 4 is 10.0 Å². The Balaban J connectivity index is 2.30. The second-order valence-electron chi connectivity index (χ2n) is 4.38. The smallest absolute Gasteiger partial charge is 0.243 e. The number of benzene rings is 1. The van der Waals surface area contributed by atoms with Crippen LogP contribution in [0.4, 0.5) is 0 Å². The third-order valence-electron chi connectivity index (χ3n) is 2.99. The highest BCUT2D eigenvalue weighted by Crippen LogP contribution is 2.20. The van der Waals surface area contributed by atoms with E-state index in [9.17, 15) is 13.5 Å². The minimum atomic E-state index is -3.63. The van der Waals surface area contributed by atoms with Crippen LogP contribution in [-0.4, -0.2) is 29.9 Å². The molecule has 106 valence electrons. The quantitative estimate of drug-likeness (QED) is 0.904. The highest BCUT2D eigenvalue weighted by atomic mass is 32.2. The summed E-state index contributed by atoms with van der Waals surface area (Å²) in [5, 5.41) is 9.26. The molecule has 6 heteroatoms. The van der Waals surface area contributed by atoms with Gasteiger partial charge in [-0.05, 0) is 29.3 Å². The molecule has 0 saturated carbocycles. The molecule has 0 spiro atoms. The van der Waals surface area contributed by atoms with Crippen LogP contribution in [0.5, 0.6) is 0 Å². The normalized spacial score (nSPS) is 11.8. The van der Waals surface area contributed by atoms with E-state index < -0.39 is 10.0 Å². The van der Waals surface area contributed by atoms with Crippen molar-refractivity contribution in [2.75, 3.05) is 7.05 Å². The molecule has 0 aliphatic heterocycles. The molecule has 20 heavy (non-hydrogen) atoms. The minimum absolute atomic E-state index is 0.138. The first-order valence-corrected chi connectivity index (χ1v) is 7.53. The molecule has 0 unspecified atom stereocenters. The predicted molar refractivity (Wildman–Crippen MR) is 75.3 cm³/mol. The van der Waals surface area contributed by atoms with Crippen LogP contribution in [0.3, 0.4) is 0 Å². The van der Waals surface area contributed by atoms with Crippen molar-refractivity contribution in [2.24, 2.45) is 0 Å². The predicted octanol–water partition coefficient (Wildman–Crippen LogP) is 1.39. The van der Waals surface area contributed by atoms with E-state index in [1.807, 2.05) is 0 Å². The molecule has 1 heterocycles. The van der Waals surface area contributed by atoms with Gasteiger partial charge in [0.15, 0.2) is 0 Å². The number of pyridine rings is 1. The fourth-order valence-electron chi connectivity index (χ4n) is 1.88. The number of aliphatic hydroxyl groups excluding tert-OH is 1. The first-order valence-electron chi connectivity index (χ1n) is 6.09. The van der Waals surface area contributed by atoms with Gasteiger partial charge >= 0.3 is 0 Å². The van der Waals surface area contributed by atoms with Gasteiger partial charge in [-0.15, -0.1) is 0 Å². The lowest BCUT2D eigenvalue weighted by Gasteiger charge is -2.18. The van der Waals surface area contributed by atoms with Crippen molar-refractivity contribution in [1.29, 1.82) is 0 Å². The largest absolute Gasteiger partial charge is 0.392 e. The Morgan fingerprint density at radius 3 is 2.45 bits per heavy atom. The zero-order valence-electron chi connectivity index (χ0n) is 11.1. The zero-order valence-corrected chi connectivity index (χ0v) is 11.9. The molecule has 0 bridgehead atoms. The molecule has 1 N–H and O–H groups in total. The molecule has 2 rings (SSSR count). The third-order valence-corrected chi connectivity index (χ3v) is 4.89. The SMILES string of the molecule is CN(Cc1ccncc1)S(=O)(=O)c1ccccc1CO. The van der Waals surface area contributed by atoms with Crippen LogP contribution < -0.4 is 0 Å². The lowest BCUT2D eigenvalue weighted by Crippen LogP contribution is -2.27. The Bertz CT molecular complexity index is 672. The van der Waals surface area contributed by atoms with Crippen LogP contribution in [0, 0.1) is 0 Å². The lowest BCUT2D eigenvalue weighted by atomic mass is 10.2. The summed E-state index contributed by atoms with van der Waals surface area (Å²) in [7, 11) is -2.11. The number of hydrogen-bond donors (Lipinski definition) is 1. The van der Waals surface area contributed by atoms with Gasteiger partial charge in [0.25, 0.3) is 0 Å². The van der Waals surface area contributed by atoms with E-state index in [0.717, 1.165) is 5.56 Å². The van der Waals surface area contributed by atoms with E-state index in [1.54, 1.807) is 42.7 Å². The van der Waals surface area contributed by atoms with Crippen LogP contribution in [0.25, 0.3) is 0 Å². The van der Waals surface area contributed by atoms with Crippen LogP contribution in [0.1, 0.15) is 11.1 Å². The first kappa shape index (κ1) is 14.6. The van der Waals surface area contributed by atoms with E-state index in [0.29, 0.717) is 5.56 Å². The van der Waals surface area contributed by atoms with E-state index in [2.05, 4.69) is 4.98 Å². The lowest BCUT2D eigenvalue weighted by molar-refractivity contribution is 0.278. The number of aromatic nitrogens is 1. The van der Waals surface area contributed by atoms with Crippen LogP contribution in [0.2, 0.25) is 0 Å². The molecule has 0 atom stereocenters. The molecule has 0 fully saturated rings. The molecule has 0 aliphatic carbocycles. The van der Waals surface area contributed by atoms with Crippen molar-refractivity contribution in [3.05, 3.63) is 59.9 Å². The zero-order chi connectivity index (χ0) is 14.6. The van der Waals surface area contributed by atoms with E-state index >= 15 is 0 Å². The van der Waals surface area contributed by atoms with E-state index in [1.165, 1.54) is 17.4 Å². The number of hydrogen-bond acceptors (Lipinski definition) is 4. The van der Waals surface area contributed by atoms with Gasteiger partial charge in [0, 0.05) is 26.0 Å². The van der Waals surface area contributed by atoms with Gasteiger partial charge in [0.05, 0.1) is 11.5 Å². The van der Waals surface area contributed by atoms with Crippen molar-refractivity contribution in [2.45, 2.75) is 18.0 Å². The molecular weight excluding hydrogens is 276 g/mol. The standard InChI is InChI=1S/C14H16N2O3S/c1-16(10-12-6-8-15-9-7-12)20(18,19)14-5-3-2-4-13(14)11-17/h2-9,17H,10-11H2,1H3. The van der Waals surface area contributed by atoms with E-state index in [4.69, 9.17) is 0 Å². The van der Waals surface area contributed by atoms with Crippen molar-refractivity contribution in [3.8, 4) is 0 Å². The molecule has 0 aliphatic rings. The average molecular weight is 292 g/mol. The maximum absolute atomic E-state index is 12.5. The average Bonchev–Trinajstić information content (AvgIpc) is 2.48. The van der Waals surface area contributed by atoms with Gasteiger partial charge < -0.3 is 5.11 Å². The fourth-order valence-corrected chi connectivity index (χ4v) is 3.25. The van der Waals surface area contributed by atoms with Crippen LogP contribution >= 0.6 is 0 Å². The van der Waals surface area contributed by atoms with Gasteiger partial charge in [0.1, 0.15) is 0 Å². The Kier molecular flexibility index (Phi) is 4.49. The number of aliphatic hydroxyl groups is 1. The molecule has 1 aromatic carbocycles. The Hall–Kier alpha value is -1.76. The Labute approximate surface area is 118 Å². The van der Waals surface area contributed by atoms with Crippen molar-refractivity contribution in [1.82, 2.24) is 9.29 Å². The highest BCUT2D eigenvalue weighted by Gasteiger charge is 2.23. The van der Waals surface area contributed by atoms with Gasteiger partial charge in [-0.1, -0.05) is 18.2 Å². The summed E-state index contributed by atoms with van der Waals surface area (Å²) in [5.74, 6) is 0. The fraction of sp³-hybridized carbons (Fsp3) is 0.214. The molecule has 0 amide bonds. The second kappa shape index (κ2) is 6.13. The summed E-state index contributed by atoms with van der Waals surface area (Å²) >= 11 is 0. The summed E-state index contributed by atoms with van der Waals surface area (Å²) in [5.41, 5.74) is 1.25. The maximum Gasteiger partial charge on any atom is 0.243 e. The molecule has 5 nitrogen and oxygen atoms in total. The molecule has 0 radical (unpaired) electrons. The summed E-state index contributed by atoms with van der Waals surface area (Å²) < 4.78 is 26.3. The summed E-state index contributed by atoms with van der Waals surface area (Å²) in [6.07, 6.45) is 3.24. The van der Waals surface area contributed by atoms with Crippen molar-refractivity contribution in [3.63, 3.8) is 0 Å². The summed E-state index contributed by atoms with van der Waals surface area (Å²) in [6.45, 7) is -0.0525. The highest BCUT2D eigenvalue weighted by molar-refractivity contribution is 7.89. The molecule has 0 saturated heterocycles. The van der Waals surface area contributed by atoms with Crippen LogP contribution in [0.15, 0.2) is 53.7 Å². The second-order valence-corrected chi connectivity index (χ2v) is 6.40. The minimum Gasteiger partial charge on any atom is -0.392 e. The maximum atomic E-state index is 12.5. The molecule has 2 aromatic rings. The number of sulfonamides is 1. The van der Waals surface area contributed by atoms with Gasteiger partial charge in [-0.3, -0.25) is 4.98 Å². The molecular formula is C14H16N2O3S. The van der Waals surface area contributed by atoms with Gasteiger partial charge in [-0.25, -0.2) is 8.42 Å². The van der Waals surface area contributed by atoms with Crippen molar-refractivity contribution < 1.29 is 13.5 Å². The Morgan fingerprint density at radius 2 is 1.80 bits per heavy atom. The summed E-state index contributed by atoms with van der Waals surface area (Å²) in [4.78, 5) is 4.04. The van der Waals surface area contributed by atoms with E-state index in [-0.39, 0.29) is 18.0 Å². The number of rotatable bonds is 5. The van der Waals surface area contributed by atoms with Crippen LogP contribution in [-0.2, 0) is 23.2 Å². The third kappa shape index (κ3) is 3.04. The first-order chi connectivity index (χ1) is 9.55. The monoisotopic (exact) mass is 292 g/mol. The van der Waals surface area contributed by atoms with Gasteiger partial charge in [0.2, 0.25) is 10.0 Å². The molecule has 1 aromatic heterocycles. The number of nitrogens with zero attached hydrogens (tertiary/aromatic N) is 2. The topological polar surface area (TPSA) is 70.5 Å².